The molecule has 0 saturated carbocycles. The molecule has 1 aliphatic rings. The van der Waals surface area contributed by atoms with Crippen LogP contribution in [-0.4, -0.2) is 61.2 Å². The zero-order valence-corrected chi connectivity index (χ0v) is 10.4. The van der Waals surface area contributed by atoms with E-state index in [9.17, 15) is 9.59 Å². The van der Waals surface area contributed by atoms with Gasteiger partial charge in [-0.25, -0.2) is 9.28 Å². The number of ether oxygens (including phenoxy) is 1. The van der Waals surface area contributed by atoms with Gasteiger partial charge in [0.15, 0.2) is 6.17 Å². The fraction of sp³-hybridized carbons (Fsp3) is 0.500. The van der Waals surface area contributed by atoms with E-state index >= 15 is 0 Å². The van der Waals surface area contributed by atoms with Crippen LogP contribution < -0.4 is 0 Å². The van der Waals surface area contributed by atoms with Gasteiger partial charge in [-0.3, -0.25) is 9.69 Å². The van der Waals surface area contributed by atoms with Crippen LogP contribution in [0.1, 0.15) is 0 Å². The molecule has 5 heteroatoms. The van der Waals surface area contributed by atoms with Crippen LogP contribution in [-0.2, 0) is 14.3 Å². The van der Waals surface area contributed by atoms with Gasteiger partial charge in [-0.2, -0.15) is 0 Å². The van der Waals surface area contributed by atoms with Gasteiger partial charge < -0.3 is 4.74 Å². The van der Waals surface area contributed by atoms with Gasteiger partial charge in [-0.1, -0.05) is 13.2 Å². The molecule has 1 unspecified atom stereocenters. The summed E-state index contributed by atoms with van der Waals surface area (Å²) in [7, 11) is 3.49. The molecule has 5 nitrogen and oxygen atoms in total. The summed E-state index contributed by atoms with van der Waals surface area (Å²) in [6.07, 6.45) is 2.20. The third-order valence-electron chi connectivity index (χ3n) is 3.05. The van der Waals surface area contributed by atoms with E-state index in [-0.39, 0.29) is 22.5 Å². The molecule has 1 rings (SSSR count). The van der Waals surface area contributed by atoms with Gasteiger partial charge >= 0.3 is 5.91 Å². The molecule has 0 N–H and O–H groups in total. The van der Waals surface area contributed by atoms with Crippen LogP contribution in [0.4, 0.5) is 0 Å². The Morgan fingerprint density at radius 3 is 2.53 bits per heavy atom. The van der Waals surface area contributed by atoms with Crippen molar-refractivity contribution in [1.82, 2.24) is 4.90 Å². The molecule has 1 heterocycles. The molecule has 1 fully saturated rings. The van der Waals surface area contributed by atoms with Crippen molar-refractivity contribution in [2.45, 2.75) is 6.17 Å². The molecule has 94 valence electrons. The Morgan fingerprint density at radius 2 is 2.00 bits per heavy atom. The molecule has 1 aliphatic heterocycles. The van der Waals surface area contributed by atoms with Crippen molar-refractivity contribution in [3.05, 3.63) is 25.3 Å². The Morgan fingerprint density at radius 1 is 1.35 bits per heavy atom. The number of quaternary nitrogens is 1. The Balaban J connectivity index is 2.98. The molecule has 0 radical (unpaired) electrons. The number of morpholine rings is 1. The van der Waals surface area contributed by atoms with Crippen molar-refractivity contribution in [3.8, 4) is 0 Å². The van der Waals surface area contributed by atoms with Crippen molar-refractivity contribution in [2.24, 2.45) is 0 Å². The smallest absolute Gasteiger partial charge is 0.339 e. The number of nitrogens with zero attached hydrogens (tertiary/aromatic N) is 2. The number of hydrogen-bond donors (Lipinski definition) is 0. The highest BCUT2D eigenvalue weighted by atomic mass is 16.5. The molecule has 0 aromatic rings. The van der Waals surface area contributed by atoms with Crippen molar-refractivity contribution in [3.63, 3.8) is 0 Å². The first-order valence-corrected chi connectivity index (χ1v) is 5.46. The third-order valence-corrected chi connectivity index (χ3v) is 3.05. The minimum Gasteiger partial charge on any atom is -0.371 e. The summed E-state index contributed by atoms with van der Waals surface area (Å²) in [5.74, 6) is -0.330. The average molecular weight is 239 g/mol. The van der Waals surface area contributed by atoms with Crippen LogP contribution in [0.3, 0.4) is 0 Å². The second-order valence-electron chi connectivity index (χ2n) is 4.37. The van der Waals surface area contributed by atoms with Crippen LogP contribution in [0.25, 0.3) is 0 Å². The van der Waals surface area contributed by atoms with Gasteiger partial charge in [0.25, 0.3) is 5.91 Å². The lowest BCUT2D eigenvalue weighted by Crippen LogP contribution is -2.65. The van der Waals surface area contributed by atoms with Crippen molar-refractivity contribution in [1.29, 1.82) is 0 Å². The topological polar surface area (TPSA) is 46.6 Å². The second-order valence-corrected chi connectivity index (χ2v) is 4.37. The van der Waals surface area contributed by atoms with Crippen LogP contribution >= 0.6 is 0 Å². The van der Waals surface area contributed by atoms with Crippen molar-refractivity contribution in [2.75, 3.05) is 33.9 Å². The minimum atomic E-state index is -0.334. The summed E-state index contributed by atoms with van der Waals surface area (Å²) in [5.41, 5.74) is 0. The molecule has 17 heavy (non-hydrogen) atoms. The molecule has 0 spiro atoms. The second kappa shape index (κ2) is 5.25. The van der Waals surface area contributed by atoms with Crippen molar-refractivity contribution >= 4 is 11.8 Å². The molecule has 0 bridgehead atoms. The van der Waals surface area contributed by atoms with E-state index in [1.165, 1.54) is 12.2 Å². The Hall–Kier alpha value is -1.46. The molecule has 1 saturated heterocycles. The summed E-state index contributed by atoms with van der Waals surface area (Å²) in [6.45, 7) is 8.25. The summed E-state index contributed by atoms with van der Waals surface area (Å²) in [6, 6.07) is 0. The fourth-order valence-electron chi connectivity index (χ4n) is 1.88. The predicted molar refractivity (Wildman–Crippen MR) is 63.8 cm³/mol. The van der Waals surface area contributed by atoms with E-state index in [2.05, 4.69) is 13.2 Å². The summed E-state index contributed by atoms with van der Waals surface area (Å²) in [5, 5.41) is 0. The molecule has 0 aromatic carbocycles. The molecular formula is C12H19N2O3+. The van der Waals surface area contributed by atoms with Gasteiger partial charge in [0.05, 0.1) is 27.2 Å². The maximum atomic E-state index is 11.8. The van der Waals surface area contributed by atoms with Crippen LogP contribution in [0.5, 0.6) is 0 Å². The zero-order chi connectivity index (χ0) is 13.1. The summed E-state index contributed by atoms with van der Waals surface area (Å²) < 4.78 is 5.37. The molecule has 0 aliphatic carbocycles. The first-order chi connectivity index (χ1) is 7.95. The van der Waals surface area contributed by atoms with Crippen LogP contribution in [0.2, 0.25) is 0 Å². The standard InChI is InChI=1S/C12H19N2O3/c1-5-11(15)13-7-8-17-9-10(13)14(3,4)12(16)6-2/h5-6,10H,1-2,7-9H2,3-4H3/q+1. The fourth-order valence-corrected chi connectivity index (χ4v) is 1.88. The molecular weight excluding hydrogens is 220 g/mol. The van der Waals surface area contributed by atoms with Gasteiger partial charge in [-0.05, 0) is 6.08 Å². The normalized spacial score (nSPS) is 20.8. The van der Waals surface area contributed by atoms with Gasteiger partial charge in [0, 0.05) is 6.08 Å². The Labute approximate surface area is 102 Å². The number of carbonyl (C=O) groups excluding carboxylic acids is 2. The van der Waals surface area contributed by atoms with Gasteiger partial charge in [0.1, 0.15) is 6.61 Å². The molecule has 1 atom stereocenters. The first-order valence-electron chi connectivity index (χ1n) is 5.46. The van der Waals surface area contributed by atoms with Gasteiger partial charge in [-0.15, -0.1) is 0 Å². The average Bonchev–Trinajstić information content (AvgIpc) is 2.36. The predicted octanol–water partition coefficient (Wildman–Crippen LogP) is 0.146. The Bertz CT molecular complexity index is 350. The summed E-state index contributed by atoms with van der Waals surface area (Å²) in [4.78, 5) is 25.2. The van der Waals surface area contributed by atoms with Crippen LogP contribution in [0, 0.1) is 0 Å². The first kappa shape index (κ1) is 13.6. The lowest BCUT2D eigenvalue weighted by atomic mass is 10.2. The highest BCUT2D eigenvalue weighted by Gasteiger charge is 2.42. The van der Waals surface area contributed by atoms with Crippen molar-refractivity contribution < 1.29 is 18.8 Å². The minimum absolute atomic E-state index is 0.0169. The number of carbonyl (C=O) groups is 2. The summed E-state index contributed by atoms with van der Waals surface area (Å²) >= 11 is 0. The van der Waals surface area contributed by atoms with E-state index < -0.39 is 0 Å². The lowest BCUT2D eigenvalue weighted by Gasteiger charge is -2.43. The number of likely N-dealkylation sites (N-methyl/N-ethyl adjacent to an activating group) is 1. The van der Waals surface area contributed by atoms with E-state index in [1.807, 2.05) is 0 Å². The number of amides is 2. The maximum absolute atomic E-state index is 11.8. The van der Waals surface area contributed by atoms with Gasteiger partial charge in [0.2, 0.25) is 0 Å². The quantitative estimate of drug-likeness (QED) is 0.520. The highest BCUT2D eigenvalue weighted by Crippen LogP contribution is 2.17. The highest BCUT2D eigenvalue weighted by molar-refractivity contribution is 5.87. The molecule has 0 aromatic heterocycles. The van der Waals surface area contributed by atoms with Crippen LogP contribution in [0.15, 0.2) is 25.3 Å². The van der Waals surface area contributed by atoms with E-state index in [1.54, 1.807) is 19.0 Å². The number of hydrogen-bond acceptors (Lipinski definition) is 3. The van der Waals surface area contributed by atoms with E-state index in [4.69, 9.17) is 4.74 Å². The van der Waals surface area contributed by atoms with E-state index in [0.29, 0.717) is 19.8 Å². The maximum Gasteiger partial charge on any atom is 0.339 e. The third kappa shape index (κ3) is 2.62. The largest absolute Gasteiger partial charge is 0.371 e. The number of rotatable bonds is 3. The SMILES string of the molecule is C=CC(=O)N1CCOCC1[N+](C)(C)C(=O)C=C. The zero-order valence-electron chi connectivity index (χ0n) is 10.4. The van der Waals surface area contributed by atoms with E-state index in [0.717, 1.165) is 0 Å². The lowest BCUT2D eigenvalue weighted by molar-refractivity contribution is -0.852. The Kier molecular flexibility index (Phi) is 4.20. The molecule has 2 amide bonds. The monoisotopic (exact) mass is 239 g/mol.